The molecule has 0 amide bonds. The molecule has 0 radical (unpaired) electrons. The van der Waals surface area contributed by atoms with Crippen LogP contribution in [0.1, 0.15) is 18.5 Å². The number of nitriles is 1. The summed E-state index contributed by atoms with van der Waals surface area (Å²) >= 11 is 0. The molecule has 1 saturated heterocycles. The molecular weight excluding hydrogens is 233 g/mol. The quantitative estimate of drug-likeness (QED) is 0.864. The van der Waals surface area contributed by atoms with Gasteiger partial charge in [-0.3, -0.25) is 0 Å². The zero-order chi connectivity index (χ0) is 13.1. The molecule has 2 atom stereocenters. The van der Waals surface area contributed by atoms with Crippen LogP contribution in [0.5, 0.6) is 0 Å². The lowest BCUT2D eigenvalue weighted by molar-refractivity contribution is 0.0762. The first-order valence-electron chi connectivity index (χ1n) is 5.93. The van der Waals surface area contributed by atoms with Gasteiger partial charge in [-0.05, 0) is 24.6 Å². The molecule has 1 aromatic rings. The summed E-state index contributed by atoms with van der Waals surface area (Å²) in [6, 6.07) is 6.85. The SMILES string of the molecule is C[C@H](N)c1ccc(N2CCOC(C#N)C2)c(F)c1. The third-order valence-corrected chi connectivity index (χ3v) is 3.05. The second-order valence-electron chi connectivity index (χ2n) is 4.43. The Morgan fingerprint density at radius 3 is 3.00 bits per heavy atom. The van der Waals surface area contributed by atoms with Crippen LogP contribution >= 0.6 is 0 Å². The third kappa shape index (κ3) is 2.61. The Labute approximate surface area is 106 Å². The predicted octanol–water partition coefficient (Wildman–Crippen LogP) is 1.57. The minimum absolute atomic E-state index is 0.190. The number of hydrogen-bond acceptors (Lipinski definition) is 4. The summed E-state index contributed by atoms with van der Waals surface area (Å²) in [5, 5.41) is 8.83. The molecule has 5 heteroatoms. The lowest BCUT2D eigenvalue weighted by Crippen LogP contribution is -2.42. The van der Waals surface area contributed by atoms with Crippen LogP contribution in [0.2, 0.25) is 0 Å². The van der Waals surface area contributed by atoms with Crippen molar-refractivity contribution < 1.29 is 9.13 Å². The fourth-order valence-electron chi connectivity index (χ4n) is 2.01. The second kappa shape index (κ2) is 5.34. The third-order valence-electron chi connectivity index (χ3n) is 3.05. The Kier molecular flexibility index (Phi) is 3.80. The molecule has 1 fully saturated rings. The highest BCUT2D eigenvalue weighted by atomic mass is 19.1. The van der Waals surface area contributed by atoms with E-state index >= 15 is 0 Å². The summed E-state index contributed by atoms with van der Waals surface area (Å²) in [5.41, 5.74) is 6.98. The van der Waals surface area contributed by atoms with Crippen molar-refractivity contribution in [2.75, 3.05) is 24.6 Å². The monoisotopic (exact) mass is 249 g/mol. The molecule has 0 spiro atoms. The maximum absolute atomic E-state index is 14.0. The van der Waals surface area contributed by atoms with Crippen LogP contribution in [0.4, 0.5) is 10.1 Å². The Balaban J connectivity index is 2.21. The molecule has 0 bridgehead atoms. The van der Waals surface area contributed by atoms with Crippen molar-refractivity contribution in [3.63, 3.8) is 0 Å². The van der Waals surface area contributed by atoms with Crippen molar-refractivity contribution in [2.45, 2.75) is 19.1 Å². The van der Waals surface area contributed by atoms with Crippen molar-refractivity contribution in [1.82, 2.24) is 0 Å². The van der Waals surface area contributed by atoms with E-state index in [1.807, 2.05) is 24.0 Å². The van der Waals surface area contributed by atoms with E-state index in [2.05, 4.69) is 0 Å². The highest BCUT2D eigenvalue weighted by Crippen LogP contribution is 2.24. The van der Waals surface area contributed by atoms with Gasteiger partial charge in [0.1, 0.15) is 5.82 Å². The molecule has 4 nitrogen and oxygen atoms in total. The van der Waals surface area contributed by atoms with Crippen molar-refractivity contribution in [1.29, 1.82) is 5.26 Å². The van der Waals surface area contributed by atoms with E-state index in [4.69, 9.17) is 15.7 Å². The lowest BCUT2D eigenvalue weighted by Gasteiger charge is -2.32. The Morgan fingerprint density at radius 2 is 2.39 bits per heavy atom. The Bertz CT molecular complexity index is 470. The standard InChI is InChI=1S/C13H16FN3O/c1-9(16)10-2-3-13(12(14)6-10)17-4-5-18-11(7-15)8-17/h2-3,6,9,11H,4-5,8,16H2,1H3/t9-,11?/m0/s1. The molecule has 2 rings (SSSR count). The van der Waals surface area contributed by atoms with Gasteiger partial charge >= 0.3 is 0 Å². The van der Waals surface area contributed by atoms with Crippen LogP contribution in [0.15, 0.2) is 18.2 Å². The average molecular weight is 249 g/mol. The molecule has 96 valence electrons. The number of benzene rings is 1. The molecule has 18 heavy (non-hydrogen) atoms. The minimum atomic E-state index is -0.494. The van der Waals surface area contributed by atoms with Crippen LogP contribution < -0.4 is 10.6 Å². The Hall–Kier alpha value is -1.64. The van der Waals surface area contributed by atoms with Gasteiger partial charge < -0.3 is 15.4 Å². The van der Waals surface area contributed by atoms with Crippen LogP contribution in [0.3, 0.4) is 0 Å². The molecule has 1 aliphatic rings. The van der Waals surface area contributed by atoms with Crippen LogP contribution in [-0.4, -0.2) is 25.8 Å². The molecule has 0 aliphatic carbocycles. The summed E-state index contributed by atoms with van der Waals surface area (Å²) < 4.78 is 19.2. The molecule has 1 heterocycles. The van der Waals surface area contributed by atoms with E-state index in [1.54, 1.807) is 6.07 Å². The van der Waals surface area contributed by atoms with Crippen LogP contribution in [0, 0.1) is 17.1 Å². The first-order chi connectivity index (χ1) is 8.61. The topological polar surface area (TPSA) is 62.3 Å². The molecule has 0 aromatic heterocycles. The van der Waals surface area contributed by atoms with Gasteiger partial charge in [-0.25, -0.2) is 4.39 Å². The summed E-state index contributed by atoms with van der Waals surface area (Å²) in [7, 11) is 0. The number of morpholine rings is 1. The van der Waals surface area contributed by atoms with Crippen LogP contribution in [0.25, 0.3) is 0 Å². The molecule has 1 unspecified atom stereocenters. The fourth-order valence-corrected chi connectivity index (χ4v) is 2.01. The highest BCUT2D eigenvalue weighted by molar-refractivity contribution is 5.50. The zero-order valence-electron chi connectivity index (χ0n) is 10.3. The van der Waals surface area contributed by atoms with Gasteiger partial charge in [0.05, 0.1) is 24.9 Å². The number of rotatable bonds is 2. The number of hydrogen-bond donors (Lipinski definition) is 1. The van der Waals surface area contributed by atoms with Gasteiger partial charge in [-0.1, -0.05) is 6.07 Å². The van der Waals surface area contributed by atoms with Gasteiger partial charge in [-0.2, -0.15) is 5.26 Å². The molecule has 1 aliphatic heterocycles. The molecule has 2 N–H and O–H groups in total. The number of nitrogens with zero attached hydrogens (tertiary/aromatic N) is 2. The van der Waals surface area contributed by atoms with E-state index in [1.165, 1.54) is 6.07 Å². The van der Waals surface area contributed by atoms with E-state index in [0.29, 0.717) is 25.4 Å². The number of halogens is 1. The average Bonchev–Trinajstić information content (AvgIpc) is 2.38. The van der Waals surface area contributed by atoms with Gasteiger partial charge in [0.25, 0.3) is 0 Å². The normalized spacial score (nSPS) is 21.4. The maximum Gasteiger partial charge on any atom is 0.161 e. The summed E-state index contributed by atoms with van der Waals surface area (Å²) in [6.45, 7) is 3.24. The lowest BCUT2D eigenvalue weighted by atomic mass is 10.1. The van der Waals surface area contributed by atoms with Gasteiger partial charge in [0.15, 0.2) is 6.10 Å². The number of ether oxygens (including phenoxy) is 1. The van der Waals surface area contributed by atoms with E-state index in [0.717, 1.165) is 5.56 Å². The van der Waals surface area contributed by atoms with E-state index in [9.17, 15) is 4.39 Å². The number of anilines is 1. The molecular formula is C13H16FN3O. The second-order valence-corrected chi connectivity index (χ2v) is 4.43. The fraction of sp³-hybridized carbons (Fsp3) is 0.462. The van der Waals surface area contributed by atoms with Crippen molar-refractivity contribution in [3.8, 4) is 6.07 Å². The summed E-state index contributed by atoms with van der Waals surface area (Å²) in [4.78, 5) is 1.83. The van der Waals surface area contributed by atoms with Gasteiger partial charge in [-0.15, -0.1) is 0 Å². The van der Waals surface area contributed by atoms with Crippen molar-refractivity contribution in [2.24, 2.45) is 5.73 Å². The Morgan fingerprint density at radius 1 is 1.61 bits per heavy atom. The van der Waals surface area contributed by atoms with E-state index < -0.39 is 6.10 Å². The predicted molar refractivity (Wildman–Crippen MR) is 66.6 cm³/mol. The summed E-state index contributed by atoms with van der Waals surface area (Å²) in [6.07, 6.45) is -0.494. The number of nitrogens with two attached hydrogens (primary N) is 1. The first kappa shape index (κ1) is 12.8. The van der Waals surface area contributed by atoms with E-state index in [-0.39, 0.29) is 11.9 Å². The van der Waals surface area contributed by atoms with Gasteiger partial charge in [0, 0.05) is 12.6 Å². The first-order valence-corrected chi connectivity index (χ1v) is 5.93. The highest BCUT2D eigenvalue weighted by Gasteiger charge is 2.22. The molecule has 0 saturated carbocycles. The largest absolute Gasteiger partial charge is 0.363 e. The van der Waals surface area contributed by atoms with Gasteiger partial charge in [0.2, 0.25) is 0 Å². The summed E-state index contributed by atoms with van der Waals surface area (Å²) in [5.74, 6) is -0.302. The molecule has 1 aromatic carbocycles. The zero-order valence-corrected chi connectivity index (χ0v) is 10.3. The maximum atomic E-state index is 14.0. The minimum Gasteiger partial charge on any atom is -0.363 e. The van der Waals surface area contributed by atoms with Crippen molar-refractivity contribution >= 4 is 5.69 Å². The smallest absolute Gasteiger partial charge is 0.161 e. The van der Waals surface area contributed by atoms with Crippen molar-refractivity contribution in [3.05, 3.63) is 29.6 Å². The van der Waals surface area contributed by atoms with Crippen LogP contribution in [-0.2, 0) is 4.74 Å².